The molecule has 0 spiro atoms. The normalized spacial score (nSPS) is 14.0. The van der Waals surface area contributed by atoms with Crippen LogP contribution < -0.4 is 4.74 Å². The Bertz CT molecular complexity index is 1000. The third-order valence-corrected chi connectivity index (χ3v) is 5.32. The van der Waals surface area contributed by atoms with Crippen molar-refractivity contribution in [1.82, 2.24) is 5.16 Å². The summed E-state index contributed by atoms with van der Waals surface area (Å²) in [5.74, 6) is -0.819. The zero-order chi connectivity index (χ0) is 19.8. The van der Waals surface area contributed by atoms with Crippen molar-refractivity contribution in [2.24, 2.45) is 0 Å². The summed E-state index contributed by atoms with van der Waals surface area (Å²) in [6, 6.07) is 3.95. The topological polar surface area (TPSA) is 113 Å². The number of esters is 1. The van der Waals surface area contributed by atoms with Gasteiger partial charge in [-0.2, -0.15) is 0 Å². The molecular formula is C18H19NO7S. The van der Waals surface area contributed by atoms with Crippen LogP contribution in [0.5, 0.6) is 5.75 Å². The molecule has 9 heteroatoms. The molecule has 1 aliphatic carbocycles. The molecule has 0 radical (unpaired) electrons. The van der Waals surface area contributed by atoms with E-state index in [-0.39, 0.29) is 40.0 Å². The lowest BCUT2D eigenvalue weighted by molar-refractivity contribution is 0.0512. The summed E-state index contributed by atoms with van der Waals surface area (Å²) in [4.78, 5) is 25.4. The van der Waals surface area contributed by atoms with Crippen LogP contribution >= 0.6 is 0 Å². The lowest BCUT2D eigenvalue weighted by atomic mass is 9.99. The highest BCUT2D eigenvalue weighted by Crippen LogP contribution is 2.43. The highest BCUT2D eigenvalue weighted by Gasteiger charge is 2.38. The van der Waals surface area contributed by atoms with Gasteiger partial charge in [-0.1, -0.05) is 5.16 Å². The fourth-order valence-electron chi connectivity index (χ4n) is 2.71. The predicted octanol–water partition coefficient (Wildman–Crippen LogP) is 2.37. The number of carbonyl (C=O) groups excluding carboxylic acids is 2. The number of rotatable bonds is 7. The second-order valence-electron chi connectivity index (χ2n) is 6.23. The van der Waals surface area contributed by atoms with Crippen molar-refractivity contribution in [2.45, 2.75) is 30.6 Å². The molecule has 2 aromatic rings. The summed E-state index contributed by atoms with van der Waals surface area (Å²) in [6.07, 6.45) is 2.73. The van der Waals surface area contributed by atoms with E-state index in [2.05, 4.69) is 5.16 Å². The van der Waals surface area contributed by atoms with Crippen LogP contribution in [0.1, 0.15) is 57.9 Å². The summed E-state index contributed by atoms with van der Waals surface area (Å²) in [7, 11) is -2.14. The average Bonchev–Trinajstić information content (AvgIpc) is 3.38. The third kappa shape index (κ3) is 3.73. The Morgan fingerprint density at radius 1 is 1.30 bits per heavy atom. The maximum absolute atomic E-state index is 13.2. The molecule has 1 aromatic heterocycles. The molecule has 0 saturated heterocycles. The van der Waals surface area contributed by atoms with Gasteiger partial charge in [-0.25, -0.2) is 13.2 Å². The number of methoxy groups -OCH3 is 1. The zero-order valence-electron chi connectivity index (χ0n) is 15.1. The molecule has 1 aliphatic rings. The average molecular weight is 393 g/mol. The minimum atomic E-state index is -3.47. The van der Waals surface area contributed by atoms with Crippen molar-refractivity contribution >= 4 is 21.6 Å². The molecule has 1 aromatic carbocycles. The molecule has 27 heavy (non-hydrogen) atoms. The lowest BCUT2D eigenvalue weighted by Gasteiger charge is -2.10. The molecule has 0 bridgehead atoms. The molecule has 1 fully saturated rings. The second kappa shape index (κ2) is 7.15. The molecule has 144 valence electrons. The largest absolute Gasteiger partial charge is 0.496 e. The van der Waals surface area contributed by atoms with E-state index in [1.165, 1.54) is 25.3 Å². The van der Waals surface area contributed by atoms with Gasteiger partial charge in [0, 0.05) is 12.2 Å². The van der Waals surface area contributed by atoms with Crippen LogP contribution in [0.3, 0.4) is 0 Å². The number of ether oxygens (including phenoxy) is 2. The fourth-order valence-corrected chi connectivity index (χ4v) is 3.35. The van der Waals surface area contributed by atoms with Crippen LogP contribution in [0.4, 0.5) is 0 Å². The van der Waals surface area contributed by atoms with E-state index in [0.717, 1.165) is 19.1 Å². The zero-order valence-corrected chi connectivity index (χ0v) is 16.0. The Morgan fingerprint density at radius 3 is 2.56 bits per heavy atom. The quantitative estimate of drug-likeness (QED) is 0.520. The first-order chi connectivity index (χ1) is 12.8. The summed E-state index contributed by atoms with van der Waals surface area (Å²) >= 11 is 0. The van der Waals surface area contributed by atoms with Crippen molar-refractivity contribution in [2.75, 3.05) is 20.0 Å². The molecule has 1 heterocycles. The Hall–Kier alpha value is -2.68. The minimum absolute atomic E-state index is 0.0225. The Balaban J connectivity index is 2.10. The fraction of sp³-hybridized carbons (Fsp3) is 0.389. The SMILES string of the molecule is CCOC(=O)c1noc(C2CC2)c1C(=O)c1ccc(S(C)(=O)=O)cc1OC. The number of carbonyl (C=O) groups is 2. The van der Waals surface area contributed by atoms with Gasteiger partial charge in [-0.05, 0) is 38.0 Å². The van der Waals surface area contributed by atoms with E-state index in [4.69, 9.17) is 14.0 Å². The number of nitrogens with zero attached hydrogens (tertiary/aromatic N) is 1. The Morgan fingerprint density at radius 2 is 2.00 bits per heavy atom. The molecule has 0 N–H and O–H groups in total. The first kappa shape index (κ1) is 19.1. The van der Waals surface area contributed by atoms with Gasteiger partial charge in [0.1, 0.15) is 11.3 Å². The molecule has 8 nitrogen and oxygen atoms in total. The first-order valence-corrected chi connectivity index (χ1v) is 10.3. The van der Waals surface area contributed by atoms with Gasteiger partial charge in [0.2, 0.25) is 11.5 Å². The summed E-state index contributed by atoms with van der Waals surface area (Å²) in [5, 5.41) is 3.75. The van der Waals surface area contributed by atoms with Gasteiger partial charge >= 0.3 is 5.97 Å². The van der Waals surface area contributed by atoms with Crippen LogP contribution in [0.2, 0.25) is 0 Å². The van der Waals surface area contributed by atoms with Crippen molar-refractivity contribution < 1.29 is 32.0 Å². The van der Waals surface area contributed by atoms with Crippen molar-refractivity contribution in [3.05, 3.63) is 40.8 Å². The predicted molar refractivity (Wildman–Crippen MR) is 94.0 cm³/mol. The van der Waals surface area contributed by atoms with Gasteiger partial charge in [0.05, 0.1) is 24.2 Å². The van der Waals surface area contributed by atoms with Gasteiger partial charge in [-0.15, -0.1) is 0 Å². The highest BCUT2D eigenvalue weighted by molar-refractivity contribution is 7.90. The number of benzene rings is 1. The number of hydrogen-bond acceptors (Lipinski definition) is 8. The second-order valence-corrected chi connectivity index (χ2v) is 8.24. The lowest BCUT2D eigenvalue weighted by Crippen LogP contribution is -2.14. The van der Waals surface area contributed by atoms with Crippen molar-refractivity contribution in [3.63, 3.8) is 0 Å². The van der Waals surface area contributed by atoms with E-state index >= 15 is 0 Å². The highest BCUT2D eigenvalue weighted by atomic mass is 32.2. The van der Waals surface area contributed by atoms with E-state index in [0.29, 0.717) is 5.76 Å². The van der Waals surface area contributed by atoms with Crippen LogP contribution in [0, 0.1) is 0 Å². The van der Waals surface area contributed by atoms with Crippen molar-refractivity contribution in [3.8, 4) is 5.75 Å². The Labute approximate surface area is 156 Å². The van der Waals surface area contributed by atoms with Crippen LogP contribution in [-0.2, 0) is 14.6 Å². The number of ketones is 1. The summed E-state index contributed by atoms with van der Waals surface area (Å²) in [6.45, 7) is 1.78. The van der Waals surface area contributed by atoms with Gasteiger partial charge in [0.15, 0.2) is 15.6 Å². The number of aromatic nitrogens is 1. The maximum Gasteiger partial charge on any atom is 0.361 e. The van der Waals surface area contributed by atoms with E-state index in [9.17, 15) is 18.0 Å². The first-order valence-electron chi connectivity index (χ1n) is 8.37. The van der Waals surface area contributed by atoms with Gasteiger partial charge < -0.3 is 14.0 Å². The van der Waals surface area contributed by atoms with E-state index in [1.54, 1.807) is 6.92 Å². The molecule has 0 unspecified atom stereocenters. The number of sulfone groups is 1. The van der Waals surface area contributed by atoms with Crippen LogP contribution in [0.25, 0.3) is 0 Å². The molecule has 0 amide bonds. The van der Waals surface area contributed by atoms with E-state index in [1.807, 2.05) is 0 Å². The van der Waals surface area contributed by atoms with Gasteiger partial charge in [-0.3, -0.25) is 4.79 Å². The minimum Gasteiger partial charge on any atom is -0.496 e. The maximum atomic E-state index is 13.2. The molecular weight excluding hydrogens is 374 g/mol. The van der Waals surface area contributed by atoms with Gasteiger partial charge in [0.25, 0.3) is 0 Å². The smallest absolute Gasteiger partial charge is 0.361 e. The monoisotopic (exact) mass is 393 g/mol. The third-order valence-electron chi connectivity index (χ3n) is 4.21. The molecule has 0 aliphatic heterocycles. The van der Waals surface area contributed by atoms with Crippen LogP contribution in [-0.4, -0.2) is 45.3 Å². The van der Waals surface area contributed by atoms with Crippen molar-refractivity contribution in [1.29, 1.82) is 0 Å². The number of hydrogen-bond donors (Lipinski definition) is 0. The van der Waals surface area contributed by atoms with E-state index < -0.39 is 21.6 Å². The van der Waals surface area contributed by atoms with Crippen LogP contribution in [0.15, 0.2) is 27.6 Å². The molecule has 3 rings (SSSR count). The molecule has 1 saturated carbocycles. The Kier molecular flexibility index (Phi) is 5.05. The summed E-state index contributed by atoms with van der Waals surface area (Å²) in [5.41, 5.74) is -0.0279. The molecule has 0 atom stereocenters. The standard InChI is InChI=1S/C18H19NO7S/c1-4-25-18(21)15-14(17(26-19-15)10-5-6-10)16(20)12-8-7-11(27(3,22)23)9-13(12)24-2/h7-10H,4-6H2,1-3H3. The summed E-state index contributed by atoms with van der Waals surface area (Å²) < 4.78 is 39.0.